The average molecular weight is 446 g/mol. The SMILES string of the molecule is Cc1cc(-c2ccc3c(c2C(C)(C)C)c2ccccc2n3-c2ccccc2)cc(C(C)(C)C)c1. The van der Waals surface area contributed by atoms with Crippen LogP contribution in [-0.2, 0) is 10.8 Å². The number of hydrogen-bond donors (Lipinski definition) is 0. The van der Waals surface area contributed by atoms with E-state index in [-0.39, 0.29) is 10.8 Å². The summed E-state index contributed by atoms with van der Waals surface area (Å²) in [5, 5.41) is 2.68. The lowest BCUT2D eigenvalue weighted by Gasteiger charge is -2.27. The van der Waals surface area contributed by atoms with Gasteiger partial charge < -0.3 is 4.57 Å². The Labute approximate surface area is 204 Å². The largest absolute Gasteiger partial charge is 0.309 e. The molecule has 0 aliphatic heterocycles. The number of rotatable bonds is 2. The third-order valence-electron chi connectivity index (χ3n) is 6.86. The van der Waals surface area contributed by atoms with Gasteiger partial charge in [0, 0.05) is 16.5 Å². The molecule has 0 radical (unpaired) electrons. The van der Waals surface area contributed by atoms with Gasteiger partial charge in [-0.25, -0.2) is 0 Å². The van der Waals surface area contributed by atoms with E-state index in [4.69, 9.17) is 0 Å². The van der Waals surface area contributed by atoms with Gasteiger partial charge >= 0.3 is 0 Å². The lowest BCUT2D eigenvalue weighted by molar-refractivity contribution is 0.589. The van der Waals surface area contributed by atoms with Crippen molar-refractivity contribution in [1.29, 1.82) is 0 Å². The minimum absolute atomic E-state index is 0.0217. The zero-order valence-corrected chi connectivity index (χ0v) is 21.5. The standard InChI is InChI=1S/C33H35N/c1-22-19-23(21-24(20-22)32(2,3)4)26-17-18-29-30(31(26)33(5,6)7)27-15-11-12-16-28(27)34(29)25-13-9-8-10-14-25/h8-21H,1-7H3. The fraction of sp³-hybridized carbons (Fsp3) is 0.273. The van der Waals surface area contributed by atoms with Gasteiger partial charge in [0.2, 0.25) is 0 Å². The minimum Gasteiger partial charge on any atom is -0.309 e. The molecule has 4 aromatic carbocycles. The first-order valence-corrected chi connectivity index (χ1v) is 12.3. The average Bonchev–Trinajstić information content (AvgIpc) is 3.11. The lowest BCUT2D eigenvalue weighted by Crippen LogP contribution is -2.15. The van der Waals surface area contributed by atoms with E-state index in [1.807, 2.05) is 0 Å². The van der Waals surface area contributed by atoms with Crippen molar-refractivity contribution in [2.45, 2.75) is 59.3 Å². The van der Waals surface area contributed by atoms with Crippen LogP contribution >= 0.6 is 0 Å². The normalized spacial score (nSPS) is 12.6. The van der Waals surface area contributed by atoms with E-state index in [0.29, 0.717) is 0 Å². The molecular formula is C33H35N. The van der Waals surface area contributed by atoms with Gasteiger partial charge in [-0.05, 0) is 64.3 Å². The van der Waals surface area contributed by atoms with Crippen LogP contribution in [0.2, 0.25) is 0 Å². The van der Waals surface area contributed by atoms with E-state index >= 15 is 0 Å². The van der Waals surface area contributed by atoms with Crippen LogP contribution in [0.3, 0.4) is 0 Å². The van der Waals surface area contributed by atoms with Gasteiger partial charge in [0.05, 0.1) is 11.0 Å². The summed E-state index contributed by atoms with van der Waals surface area (Å²) in [5.74, 6) is 0. The number of hydrogen-bond acceptors (Lipinski definition) is 0. The molecule has 0 spiro atoms. The van der Waals surface area contributed by atoms with Gasteiger partial charge in [0.1, 0.15) is 0 Å². The summed E-state index contributed by atoms with van der Waals surface area (Å²) in [6.45, 7) is 16.2. The number of fused-ring (bicyclic) bond motifs is 3. The fourth-order valence-electron chi connectivity index (χ4n) is 5.31. The second-order valence-corrected chi connectivity index (χ2v) is 11.7. The van der Waals surface area contributed by atoms with Gasteiger partial charge in [-0.15, -0.1) is 0 Å². The smallest absolute Gasteiger partial charge is 0.0544 e. The molecule has 0 saturated heterocycles. The third-order valence-corrected chi connectivity index (χ3v) is 6.86. The predicted octanol–water partition coefficient (Wildman–Crippen LogP) is 9.35. The number of benzene rings is 4. The Morgan fingerprint density at radius 1 is 0.618 bits per heavy atom. The molecule has 1 heteroatoms. The molecule has 0 bridgehead atoms. The Balaban J connectivity index is 1.93. The molecule has 5 aromatic rings. The molecule has 0 aliphatic rings. The fourth-order valence-corrected chi connectivity index (χ4v) is 5.31. The van der Waals surface area contributed by atoms with Crippen LogP contribution in [0.25, 0.3) is 38.6 Å². The van der Waals surface area contributed by atoms with Gasteiger partial charge in [-0.3, -0.25) is 0 Å². The second kappa shape index (κ2) is 7.87. The molecule has 172 valence electrons. The van der Waals surface area contributed by atoms with E-state index < -0.39 is 0 Å². The Kier molecular flexibility index (Phi) is 5.20. The quantitative estimate of drug-likeness (QED) is 0.255. The number of aromatic nitrogens is 1. The second-order valence-electron chi connectivity index (χ2n) is 11.7. The Bertz CT molecular complexity index is 1500. The van der Waals surface area contributed by atoms with Crippen LogP contribution in [0.15, 0.2) is 84.9 Å². The van der Waals surface area contributed by atoms with Gasteiger partial charge in [0.25, 0.3) is 0 Å². The van der Waals surface area contributed by atoms with E-state index in [1.54, 1.807) is 0 Å². The molecule has 0 aliphatic carbocycles. The van der Waals surface area contributed by atoms with Crippen molar-refractivity contribution < 1.29 is 0 Å². The minimum atomic E-state index is -0.0217. The Morgan fingerprint density at radius 2 is 1.29 bits per heavy atom. The van der Waals surface area contributed by atoms with Gasteiger partial charge in [-0.2, -0.15) is 0 Å². The summed E-state index contributed by atoms with van der Waals surface area (Å²) < 4.78 is 2.42. The molecule has 0 atom stereocenters. The van der Waals surface area contributed by atoms with Crippen LogP contribution in [0.4, 0.5) is 0 Å². The molecule has 0 amide bonds. The first-order chi connectivity index (χ1) is 16.1. The van der Waals surface area contributed by atoms with Crippen molar-refractivity contribution in [2.75, 3.05) is 0 Å². The summed E-state index contributed by atoms with van der Waals surface area (Å²) in [5.41, 5.74) is 10.6. The summed E-state index contributed by atoms with van der Waals surface area (Å²) in [4.78, 5) is 0. The number of para-hydroxylation sites is 2. The highest BCUT2D eigenvalue weighted by Gasteiger charge is 2.26. The molecule has 0 fully saturated rings. The summed E-state index contributed by atoms with van der Waals surface area (Å²) in [6, 6.07) is 31.3. The zero-order chi connectivity index (χ0) is 24.3. The molecule has 0 N–H and O–H groups in total. The van der Waals surface area contributed by atoms with Crippen molar-refractivity contribution in [2.24, 2.45) is 0 Å². The van der Waals surface area contributed by atoms with Crippen molar-refractivity contribution in [3.63, 3.8) is 0 Å². The van der Waals surface area contributed by atoms with E-state index in [2.05, 4.69) is 138 Å². The highest BCUT2D eigenvalue weighted by molar-refractivity contribution is 6.13. The van der Waals surface area contributed by atoms with Crippen LogP contribution in [0, 0.1) is 6.92 Å². The highest BCUT2D eigenvalue weighted by Crippen LogP contribution is 2.44. The predicted molar refractivity (Wildman–Crippen MR) is 148 cm³/mol. The van der Waals surface area contributed by atoms with Crippen LogP contribution in [-0.4, -0.2) is 4.57 Å². The molecular weight excluding hydrogens is 410 g/mol. The van der Waals surface area contributed by atoms with Gasteiger partial charge in [0.15, 0.2) is 0 Å². The maximum absolute atomic E-state index is 2.42. The maximum atomic E-state index is 2.42. The topological polar surface area (TPSA) is 4.93 Å². The monoisotopic (exact) mass is 445 g/mol. The van der Waals surface area contributed by atoms with Crippen LogP contribution < -0.4 is 0 Å². The maximum Gasteiger partial charge on any atom is 0.0544 e. The van der Waals surface area contributed by atoms with E-state index in [0.717, 1.165) is 0 Å². The molecule has 1 nitrogen and oxygen atoms in total. The van der Waals surface area contributed by atoms with Crippen molar-refractivity contribution >= 4 is 21.8 Å². The molecule has 0 saturated carbocycles. The summed E-state index contributed by atoms with van der Waals surface area (Å²) in [7, 11) is 0. The molecule has 1 heterocycles. The Hall–Kier alpha value is -3.32. The first-order valence-electron chi connectivity index (χ1n) is 12.3. The number of aryl methyl sites for hydroxylation is 1. The first kappa shape index (κ1) is 22.5. The van der Waals surface area contributed by atoms with E-state index in [9.17, 15) is 0 Å². The van der Waals surface area contributed by atoms with E-state index in [1.165, 1.54) is 55.3 Å². The van der Waals surface area contributed by atoms with Crippen LogP contribution in [0.5, 0.6) is 0 Å². The van der Waals surface area contributed by atoms with Crippen LogP contribution in [0.1, 0.15) is 58.2 Å². The molecule has 5 rings (SSSR count). The summed E-state index contributed by atoms with van der Waals surface area (Å²) >= 11 is 0. The van der Waals surface area contributed by atoms with Crippen molar-refractivity contribution in [3.8, 4) is 16.8 Å². The lowest BCUT2D eigenvalue weighted by atomic mass is 9.77. The highest BCUT2D eigenvalue weighted by atomic mass is 15.0. The van der Waals surface area contributed by atoms with Gasteiger partial charge in [-0.1, -0.05) is 108 Å². The third kappa shape index (κ3) is 3.74. The Morgan fingerprint density at radius 3 is 1.97 bits per heavy atom. The zero-order valence-electron chi connectivity index (χ0n) is 21.5. The van der Waals surface area contributed by atoms with Crippen molar-refractivity contribution in [3.05, 3.63) is 102 Å². The molecule has 34 heavy (non-hydrogen) atoms. The molecule has 1 aromatic heterocycles. The van der Waals surface area contributed by atoms with Crippen molar-refractivity contribution in [1.82, 2.24) is 4.57 Å². The molecule has 0 unspecified atom stereocenters. The number of nitrogens with zero attached hydrogens (tertiary/aromatic N) is 1. The summed E-state index contributed by atoms with van der Waals surface area (Å²) in [6.07, 6.45) is 0.